The van der Waals surface area contributed by atoms with E-state index in [1.165, 1.54) is 11.3 Å². The van der Waals surface area contributed by atoms with Gasteiger partial charge in [0, 0.05) is 11.4 Å². The minimum atomic E-state index is 0.0404. The molecule has 76 valence electrons. The van der Waals surface area contributed by atoms with Gasteiger partial charge in [-0.25, -0.2) is 4.98 Å². The molecule has 0 aliphatic rings. The largest absolute Gasteiger partial charge is 0.323 e. The Bertz CT molecular complexity index is 313. The minimum Gasteiger partial charge on any atom is -0.323 e. The van der Waals surface area contributed by atoms with Crippen LogP contribution in [0.2, 0.25) is 0 Å². The molecule has 1 heterocycles. The van der Waals surface area contributed by atoms with Crippen LogP contribution in [0.15, 0.2) is 5.38 Å². The molecule has 4 heteroatoms. The van der Waals surface area contributed by atoms with Gasteiger partial charge >= 0.3 is 0 Å². The number of hydrogen-bond donors (Lipinski definition) is 1. The summed E-state index contributed by atoms with van der Waals surface area (Å²) in [6.45, 7) is 2.15. The number of rotatable bonds is 5. The van der Waals surface area contributed by atoms with Gasteiger partial charge in [-0.1, -0.05) is 19.8 Å². The molecule has 0 aromatic carbocycles. The lowest BCUT2D eigenvalue weighted by atomic mass is 10.1. The second-order valence-electron chi connectivity index (χ2n) is 3.25. The van der Waals surface area contributed by atoms with E-state index in [1.54, 1.807) is 0 Å². The highest BCUT2D eigenvalue weighted by atomic mass is 32.1. The molecule has 0 amide bonds. The predicted octanol–water partition coefficient (Wildman–Crippen LogP) is 2.40. The van der Waals surface area contributed by atoms with Crippen LogP contribution < -0.4 is 5.73 Å². The van der Waals surface area contributed by atoms with Crippen molar-refractivity contribution in [3.05, 3.63) is 16.1 Å². The van der Waals surface area contributed by atoms with Gasteiger partial charge in [0.25, 0.3) is 0 Å². The first-order valence-corrected chi connectivity index (χ1v) is 5.72. The summed E-state index contributed by atoms with van der Waals surface area (Å²) in [4.78, 5) is 4.32. The van der Waals surface area contributed by atoms with E-state index in [-0.39, 0.29) is 6.04 Å². The maximum absolute atomic E-state index is 8.49. The summed E-state index contributed by atoms with van der Waals surface area (Å²) in [5, 5.41) is 11.3. The zero-order chi connectivity index (χ0) is 10.4. The Morgan fingerprint density at radius 3 is 3.14 bits per heavy atom. The molecule has 0 aliphatic carbocycles. The van der Waals surface area contributed by atoms with E-state index in [4.69, 9.17) is 11.0 Å². The zero-order valence-corrected chi connectivity index (χ0v) is 9.18. The van der Waals surface area contributed by atoms with Gasteiger partial charge in [0.1, 0.15) is 5.01 Å². The summed E-state index contributed by atoms with van der Waals surface area (Å²) in [5.41, 5.74) is 6.89. The fraction of sp³-hybridized carbons (Fsp3) is 0.600. The first-order chi connectivity index (χ1) is 6.77. The highest BCUT2D eigenvalue weighted by Crippen LogP contribution is 2.19. The Balaban J connectivity index is 2.53. The van der Waals surface area contributed by atoms with Crippen molar-refractivity contribution in [1.82, 2.24) is 4.98 Å². The van der Waals surface area contributed by atoms with Crippen LogP contribution in [0, 0.1) is 11.3 Å². The van der Waals surface area contributed by atoms with Crippen LogP contribution in [-0.2, 0) is 6.42 Å². The first kappa shape index (κ1) is 11.2. The summed E-state index contributed by atoms with van der Waals surface area (Å²) in [5.74, 6) is 0. The summed E-state index contributed by atoms with van der Waals surface area (Å²) in [7, 11) is 0. The van der Waals surface area contributed by atoms with Gasteiger partial charge in [-0.2, -0.15) is 5.26 Å². The second-order valence-corrected chi connectivity index (χ2v) is 4.19. The maximum Gasteiger partial charge on any atom is 0.107 e. The van der Waals surface area contributed by atoms with Crippen LogP contribution in [0.25, 0.3) is 0 Å². The average molecular weight is 209 g/mol. The van der Waals surface area contributed by atoms with E-state index in [9.17, 15) is 0 Å². The molecule has 1 atom stereocenters. The van der Waals surface area contributed by atoms with Crippen molar-refractivity contribution in [2.45, 2.75) is 38.6 Å². The molecule has 0 radical (unpaired) electrons. The average Bonchev–Trinajstić information content (AvgIpc) is 2.63. The Labute approximate surface area is 88.6 Å². The predicted molar refractivity (Wildman–Crippen MR) is 57.9 cm³/mol. The van der Waals surface area contributed by atoms with Crippen LogP contribution in [0.4, 0.5) is 0 Å². The highest BCUT2D eigenvalue weighted by Gasteiger charge is 2.09. The Morgan fingerprint density at radius 1 is 1.71 bits per heavy atom. The quantitative estimate of drug-likeness (QED) is 0.810. The van der Waals surface area contributed by atoms with Crippen LogP contribution in [-0.4, -0.2) is 4.98 Å². The third-order valence-corrected chi connectivity index (χ3v) is 2.92. The number of nitrogens with two attached hydrogens (primary N) is 1. The molecular formula is C10H15N3S. The molecule has 2 N–H and O–H groups in total. The van der Waals surface area contributed by atoms with Crippen LogP contribution in [0.5, 0.6) is 0 Å². The van der Waals surface area contributed by atoms with Gasteiger partial charge in [-0.15, -0.1) is 11.3 Å². The first-order valence-electron chi connectivity index (χ1n) is 4.84. The van der Waals surface area contributed by atoms with Crippen molar-refractivity contribution in [2.75, 3.05) is 0 Å². The van der Waals surface area contributed by atoms with E-state index >= 15 is 0 Å². The molecule has 0 saturated heterocycles. The topological polar surface area (TPSA) is 62.7 Å². The van der Waals surface area contributed by atoms with Crippen molar-refractivity contribution in [2.24, 2.45) is 5.73 Å². The molecule has 3 nitrogen and oxygen atoms in total. The maximum atomic E-state index is 8.49. The number of hydrogen-bond acceptors (Lipinski definition) is 4. The van der Waals surface area contributed by atoms with E-state index < -0.39 is 0 Å². The van der Waals surface area contributed by atoms with Crippen molar-refractivity contribution < 1.29 is 0 Å². The van der Waals surface area contributed by atoms with Crippen molar-refractivity contribution >= 4 is 11.3 Å². The molecule has 14 heavy (non-hydrogen) atoms. The minimum absolute atomic E-state index is 0.0404. The van der Waals surface area contributed by atoms with Gasteiger partial charge in [0.2, 0.25) is 0 Å². The lowest BCUT2D eigenvalue weighted by molar-refractivity contribution is 0.592. The van der Waals surface area contributed by atoms with Gasteiger partial charge < -0.3 is 5.73 Å². The second kappa shape index (κ2) is 5.74. The molecule has 0 spiro atoms. The van der Waals surface area contributed by atoms with Crippen LogP contribution >= 0.6 is 11.3 Å². The third kappa shape index (κ3) is 3.09. The van der Waals surface area contributed by atoms with Gasteiger partial charge in [-0.05, 0) is 6.42 Å². The lowest BCUT2D eigenvalue weighted by Gasteiger charge is -2.06. The monoisotopic (exact) mass is 209 g/mol. The number of aromatic nitrogens is 1. The number of nitrogens with zero attached hydrogens (tertiary/aromatic N) is 2. The summed E-state index contributed by atoms with van der Waals surface area (Å²) < 4.78 is 0. The fourth-order valence-electron chi connectivity index (χ4n) is 1.22. The normalized spacial score (nSPS) is 12.4. The van der Waals surface area contributed by atoms with E-state index in [1.807, 2.05) is 5.38 Å². The van der Waals surface area contributed by atoms with Crippen molar-refractivity contribution in [3.63, 3.8) is 0 Å². The molecule has 0 bridgehead atoms. The number of thiazole rings is 1. The lowest BCUT2D eigenvalue weighted by Crippen LogP contribution is -2.10. The summed E-state index contributed by atoms with van der Waals surface area (Å²) in [6.07, 6.45) is 3.66. The number of nitriles is 1. The Hall–Kier alpha value is -0.920. The van der Waals surface area contributed by atoms with E-state index in [2.05, 4.69) is 18.0 Å². The standard InChI is InChI=1S/C10H15N3S/c1-2-3-4-8(12)9-7-14-10(13-9)5-6-11/h7-8H,2-5,12H2,1H3. The summed E-state index contributed by atoms with van der Waals surface area (Å²) >= 11 is 1.52. The number of unbranched alkanes of at least 4 members (excludes halogenated alkanes) is 1. The third-order valence-electron chi connectivity index (χ3n) is 2.05. The Morgan fingerprint density at radius 2 is 2.50 bits per heavy atom. The molecule has 0 fully saturated rings. The molecule has 1 unspecified atom stereocenters. The van der Waals surface area contributed by atoms with Gasteiger partial charge in [0.05, 0.1) is 18.2 Å². The molecule has 1 aromatic heterocycles. The SMILES string of the molecule is CCCCC(N)c1csc(CC#N)n1. The van der Waals surface area contributed by atoms with Crippen LogP contribution in [0.3, 0.4) is 0 Å². The van der Waals surface area contributed by atoms with Crippen molar-refractivity contribution in [1.29, 1.82) is 5.26 Å². The molecule has 0 aliphatic heterocycles. The molecule has 1 rings (SSSR count). The van der Waals surface area contributed by atoms with Gasteiger partial charge in [0.15, 0.2) is 0 Å². The molecule has 0 saturated carbocycles. The fourth-order valence-corrected chi connectivity index (χ4v) is 2.01. The summed E-state index contributed by atoms with van der Waals surface area (Å²) in [6, 6.07) is 2.13. The van der Waals surface area contributed by atoms with Crippen molar-refractivity contribution in [3.8, 4) is 6.07 Å². The van der Waals surface area contributed by atoms with Gasteiger partial charge in [-0.3, -0.25) is 0 Å². The smallest absolute Gasteiger partial charge is 0.107 e. The van der Waals surface area contributed by atoms with Crippen LogP contribution in [0.1, 0.15) is 42.9 Å². The zero-order valence-electron chi connectivity index (χ0n) is 8.36. The Kier molecular flexibility index (Phi) is 4.57. The highest BCUT2D eigenvalue weighted by molar-refractivity contribution is 7.09. The van der Waals surface area contributed by atoms with E-state index in [0.29, 0.717) is 6.42 Å². The molecule has 1 aromatic rings. The molecular weight excluding hydrogens is 194 g/mol. The van der Waals surface area contributed by atoms with E-state index in [0.717, 1.165) is 30.0 Å².